The van der Waals surface area contributed by atoms with Gasteiger partial charge in [-0.2, -0.15) is 0 Å². The summed E-state index contributed by atoms with van der Waals surface area (Å²) in [6.07, 6.45) is 3.08. The van der Waals surface area contributed by atoms with Crippen LogP contribution in [0.25, 0.3) is 10.2 Å². The van der Waals surface area contributed by atoms with Crippen LogP contribution in [0.5, 0.6) is 0 Å². The lowest BCUT2D eigenvalue weighted by Crippen LogP contribution is -2.33. The Labute approximate surface area is 175 Å². The van der Waals surface area contributed by atoms with Crippen LogP contribution >= 0.6 is 23.1 Å². The number of thioether (sulfide) groups is 1. The maximum absolute atomic E-state index is 6.22. The molecule has 148 valence electrons. The zero-order valence-electron chi connectivity index (χ0n) is 16.7. The lowest BCUT2D eigenvalue weighted by Gasteiger charge is -2.32. The molecule has 6 heteroatoms. The first-order valence-corrected chi connectivity index (χ1v) is 11.8. The highest BCUT2D eigenvalue weighted by Crippen LogP contribution is 2.42. The van der Waals surface area contributed by atoms with Crippen LogP contribution in [-0.2, 0) is 24.3 Å². The summed E-state index contributed by atoms with van der Waals surface area (Å²) in [4.78, 5) is 11.2. The van der Waals surface area contributed by atoms with Gasteiger partial charge in [0.05, 0.1) is 22.4 Å². The number of fused-ring (bicyclic) bond motifs is 3. The quantitative estimate of drug-likeness (QED) is 0.377. The molecule has 0 saturated carbocycles. The van der Waals surface area contributed by atoms with Crippen molar-refractivity contribution in [2.24, 2.45) is 0 Å². The number of thiophene rings is 1. The summed E-state index contributed by atoms with van der Waals surface area (Å²) in [6.45, 7) is 8.00. The van der Waals surface area contributed by atoms with Gasteiger partial charge in [-0.1, -0.05) is 55.9 Å². The van der Waals surface area contributed by atoms with Gasteiger partial charge in [0.2, 0.25) is 0 Å². The van der Waals surface area contributed by atoms with Crippen molar-refractivity contribution in [2.75, 3.05) is 11.1 Å². The van der Waals surface area contributed by atoms with Gasteiger partial charge >= 0.3 is 0 Å². The van der Waals surface area contributed by atoms with Crippen molar-refractivity contribution in [1.29, 1.82) is 0 Å². The number of hydrogen-bond donors (Lipinski definition) is 1. The lowest BCUT2D eigenvalue weighted by atomic mass is 9.93. The maximum atomic E-state index is 6.22. The monoisotopic (exact) mass is 413 g/mol. The minimum atomic E-state index is -0.0707. The minimum absolute atomic E-state index is 0.0707. The molecule has 0 fully saturated rings. The van der Waals surface area contributed by atoms with E-state index in [-0.39, 0.29) is 5.60 Å². The number of aromatic nitrogens is 2. The second kappa shape index (κ2) is 8.39. The summed E-state index contributed by atoms with van der Waals surface area (Å²) in [6, 6.07) is 10.5. The van der Waals surface area contributed by atoms with Crippen LogP contribution in [0.1, 0.15) is 49.6 Å². The normalized spacial score (nSPS) is 19.0. The fraction of sp³-hybridized carbons (Fsp3) is 0.455. The molecular formula is C22H27N3OS2. The molecule has 0 amide bonds. The Hall–Kier alpha value is -1.63. The molecule has 1 aliphatic heterocycles. The van der Waals surface area contributed by atoms with Crippen molar-refractivity contribution in [3.63, 3.8) is 0 Å². The van der Waals surface area contributed by atoms with Crippen LogP contribution in [0.3, 0.4) is 0 Å². The predicted octanol–water partition coefficient (Wildman–Crippen LogP) is 6.05. The van der Waals surface area contributed by atoms with E-state index in [2.05, 4.69) is 50.4 Å². The maximum Gasteiger partial charge on any atom is 0.190 e. The minimum Gasteiger partial charge on any atom is -0.370 e. The molecule has 1 aliphatic rings. The molecule has 28 heavy (non-hydrogen) atoms. The van der Waals surface area contributed by atoms with Gasteiger partial charge < -0.3 is 10.1 Å². The molecule has 4 nitrogen and oxygen atoms in total. The largest absolute Gasteiger partial charge is 0.370 e. The van der Waals surface area contributed by atoms with Gasteiger partial charge in [0, 0.05) is 29.2 Å². The first kappa shape index (κ1) is 19.7. The number of nitrogens with one attached hydrogen (secondary N) is 1. The number of anilines is 1. The van der Waals surface area contributed by atoms with Gasteiger partial charge in [-0.3, -0.25) is 0 Å². The molecule has 4 rings (SSSR count). The summed E-state index contributed by atoms with van der Waals surface area (Å²) >= 11 is 3.57. The van der Waals surface area contributed by atoms with E-state index in [4.69, 9.17) is 14.7 Å². The average molecular weight is 414 g/mol. The molecular weight excluding hydrogens is 386 g/mol. The average Bonchev–Trinajstić information content (AvgIpc) is 3.08. The Morgan fingerprint density at radius 3 is 2.79 bits per heavy atom. The summed E-state index contributed by atoms with van der Waals surface area (Å²) in [5.74, 6) is 1.98. The van der Waals surface area contributed by atoms with E-state index in [1.165, 1.54) is 16.0 Å². The highest BCUT2D eigenvalue weighted by atomic mass is 32.2. The summed E-state index contributed by atoms with van der Waals surface area (Å²) in [5.41, 5.74) is 3.51. The van der Waals surface area contributed by atoms with Crippen molar-refractivity contribution >= 4 is 39.1 Å². The zero-order chi connectivity index (χ0) is 19.6. The molecule has 3 aromatic rings. The first-order chi connectivity index (χ1) is 13.6. The standard InChI is InChI=1S/C22H27N3OS2/c1-4-11-27-21-24-18-16-14-26-22(3,5-2)12-17(16)28-19(18)20(25-21)23-13-15-9-7-6-8-10-15/h6-10H,4-5,11-14H2,1-3H3,(H,23,24,25)/t22-/m0/s1. The van der Waals surface area contributed by atoms with E-state index in [0.29, 0.717) is 6.61 Å². The Bertz CT molecular complexity index is 957. The fourth-order valence-corrected chi connectivity index (χ4v) is 5.44. The van der Waals surface area contributed by atoms with Gasteiger partial charge in [-0.15, -0.1) is 11.3 Å². The third-order valence-electron chi connectivity index (χ3n) is 5.28. The number of hydrogen-bond acceptors (Lipinski definition) is 6. The van der Waals surface area contributed by atoms with Crippen molar-refractivity contribution in [1.82, 2.24) is 9.97 Å². The summed E-state index contributed by atoms with van der Waals surface area (Å²) in [7, 11) is 0. The van der Waals surface area contributed by atoms with Crippen LogP contribution in [0.2, 0.25) is 0 Å². The van der Waals surface area contributed by atoms with Gasteiger partial charge in [-0.05, 0) is 25.3 Å². The summed E-state index contributed by atoms with van der Waals surface area (Å²) < 4.78 is 7.37. The number of rotatable bonds is 7. The zero-order valence-corrected chi connectivity index (χ0v) is 18.4. The van der Waals surface area contributed by atoms with Crippen LogP contribution in [0, 0.1) is 0 Å². The molecule has 0 bridgehead atoms. The third-order valence-corrected chi connectivity index (χ3v) is 7.56. The molecule has 0 radical (unpaired) electrons. The van der Waals surface area contributed by atoms with Gasteiger partial charge in [0.1, 0.15) is 5.82 Å². The molecule has 0 aliphatic carbocycles. The highest BCUT2D eigenvalue weighted by Gasteiger charge is 2.32. The van der Waals surface area contributed by atoms with Gasteiger partial charge in [-0.25, -0.2) is 9.97 Å². The molecule has 1 atom stereocenters. The topological polar surface area (TPSA) is 47.0 Å². The van der Waals surface area contributed by atoms with E-state index in [1.54, 1.807) is 11.8 Å². The number of ether oxygens (including phenoxy) is 1. The molecule has 0 saturated heterocycles. The molecule has 3 heterocycles. The van der Waals surface area contributed by atoms with E-state index < -0.39 is 0 Å². The fourth-order valence-electron chi connectivity index (χ4n) is 3.36. The van der Waals surface area contributed by atoms with E-state index >= 15 is 0 Å². The molecule has 0 unspecified atom stereocenters. The van der Waals surface area contributed by atoms with E-state index in [1.807, 2.05) is 17.4 Å². The molecule has 1 aromatic carbocycles. The van der Waals surface area contributed by atoms with Gasteiger partial charge in [0.15, 0.2) is 5.16 Å². The van der Waals surface area contributed by atoms with E-state index in [9.17, 15) is 0 Å². The molecule has 1 N–H and O–H groups in total. The Kier molecular flexibility index (Phi) is 5.90. The highest BCUT2D eigenvalue weighted by molar-refractivity contribution is 7.99. The predicted molar refractivity (Wildman–Crippen MR) is 119 cm³/mol. The third kappa shape index (κ3) is 4.04. The first-order valence-electron chi connectivity index (χ1n) is 9.98. The molecule has 0 spiro atoms. The second-order valence-corrected chi connectivity index (χ2v) is 9.66. The summed E-state index contributed by atoms with van der Waals surface area (Å²) in [5, 5.41) is 4.43. The van der Waals surface area contributed by atoms with Gasteiger partial charge in [0.25, 0.3) is 0 Å². The Morgan fingerprint density at radius 1 is 1.21 bits per heavy atom. The van der Waals surface area contributed by atoms with Crippen LogP contribution in [0.15, 0.2) is 35.5 Å². The second-order valence-electron chi connectivity index (χ2n) is 7.49. The SMILES string of the molecule is CCCSc1nc(NCc2ccccc2)c2sc3c(c2n1)CO[C@@](C)(CC)C3. The van der Waals surface area contributed by atoms with E-state index in [0.717, 1.165) is 52.8 Å². The van der Waals surface area contributed by atoms with Crippen LogP contribution < -0.4 is 5.32 Å². The lowest BCUT2D eigenvalue weighted by molar-refractivity contribution is -0.0546. The number of nitrogens with zero attached hydrogens (tertiary/aromatic N) is 2. The number of benzene rings is 1. The van der Waals surface area contributed by atoms with Crippen molar-refractivity contribution < 1.29 is 4.74 Å². The smallest absolute Gasteiger partial charge is 0.190 e. The Balaban J connectivity index is 1.72. The Morgan fingerprint density at radius 2 is 2.04 bits per heavy atom. The van der Waals surface area contributed by atoms with Crippen molar-refractivity contribution in [2.45, 2.75) is 63.9 Å². The van der Waals surface area contributed by atoms with Crippen molar-refractivity contribution in [3.8, 4) is 0 Å². The van der Waals surface area contributed by atoms with Crippen molar-refractivity contribution in [3.05, 3.63) is 46.3 Å². The van der Waals surface area contributed by atoms with Crippen LogP contribution in [-0.4, -0.2) is 21.3 Å². The van der Waals surface area contributed by atoms with Crippen LogP contribution in [0.4, 0.5) is 5.82 Å². The molecule has 2 aromatic heterocycles.